The second-order valence-corrected chi connectivity index (χ2v) is 5.62. The molecule has 2 aromatic rings. The summed E-state index contributed by atoms with van der Waals surface area (Å²) in [7, 11) is 1.32. The summed E-state index contributed by atoms with van der Waals surface area (Å²) in [5, 5.41) is 2.85. The predicted molar refractivity (Wildman–Crippen MR) is 77.5 cm³/mol. The van der Waals surface area contributed by atoms with Crippen LogP contribution in [-0.4, -0.2) is 29.0 Å². The van der Waals surface area contributed by atoms with Crippen LogP contribution in [0.2, 0.25) is 0 Å². The van der Waals surface area contributed by atoms with E-state index in [-0.39, 0.29) is 11.6 Å². The number of esters is 1. The number of rotatable bonds is 1. The topological polar surface area (TPSA) is 81.2 Å². The maximum Gasteiger partial charge on any atom is 0.356 e. The fourth-order valence-corrected chi connectivity index (χ4v) is 3.37. The van der Waals surface area contributed by atoms with E-state index in [1.807, 2.05) is 12.1 Å². The van der Waals surface area contributed by atoms with Crippen LogP contribution in [0.1, 0.15) is 27.2 Å². The number of amides is 1. The summed E-state index contributed by atoms with van der Waals surface area (Å²) in [6.45, 7) is 0. The van der Waals surface area contributed by atoms with Crippen molar-refractivity contribution in [2.75, 3.05) is 12.4 Å². The molecule has 2 aromatic heterocycles. The largest absolute Gasteiger partial charge is 0.464 e. The van der Waals surface area contributed by atoms with E-state index in [1.54, 1.807) is 18.5 Å². The Morgan fingerprint density at radius 1 is 1.32 bits per heavy atom. The van der Waals surface area contributed by atoms with Crippen molar-refractivity contribution in [3.63, 3.8) is 0 Å². The Hall–Kier alpha value is -2.76. The van der Waals surface area contributed by atoms with Gasteiger partial charge in [0.15, 0.2) is 0 Å². The quantitative estimate of drug-likeness (QED) is 0.801. The number of carbonyl (C=O) groups excluding carboxylic acids is 2. The van der Waals surface area contributed by atoms with Gasteiger partial charge in [0.2, 0.25) is 5.91 Å². The van der Waals surface area contributed by atoms with Crippen LogP contribution in [0.25, 0.3) is 0 Å². The first kappa shape index (κ1) is 12.9. The smallest absolute Gasteiger partial charge is 0.356 e. The average molecular weight is 295 g/mol. The number of nitrogens with one attached hydrogen (secondary N) is 1. The van der Waals surface area contributed by atoms with Crippen molar-refractivity contribution >= 4 is 17.7 Å². The second-order valence-electron chi connectivity index (χ2n) is 5.62. The van der Waals surface area contributed by atoms with Crippen LogP contribution >= 0.6 is 0 Å². The number of hydrogen-bond donors (Lipinski definition) is 1. The fourth-order valence-electron chi connectivity index (χ4n) is 3.37. The third-order valence-electron chi connectivity index (χ3n) is 4.45. The molecule has 0 saturated carbocycles. The summed E-state index contributed by atoms with van der Waals surface area (Å²) >= 11 is 0. The third kappa shape index (κ3) is 1.60. The van der Waals surface area contributed by atoms with E-state index in [0.717, 1.165) is 16.7 Å². The minimum Gasteiger partial charge on any atom is -0.464 e. The van der Waals surface area contributed by atoms with E-state index in [2.05, 4.69) is 15.3 Å². The summed E-state index contributed by atoms with van der Waals surface area (Å²) in [6.07, 6.45) is 4.44. The molecule has 1 aliphatic carbocycles. The lowest BCUT2D eigenvalue weighted by atomic mass is 9.79. The molecule has 3 heterocycles. The molecule has 22 heavy (non-hydrogen) atoms. The Morgan fingerprint density at radius 2 is 2.14 bits per heavy atom. The molecule has 0 bridgehead atoms. The number of pyridine rings is 2. The van der Waals surface area contributed by atoms with Crippen molar-refractivity contribution in [3.8, 4) is 0 Å². The molecule has 1 spiro atoms. The monoisotopic (exact) mass is 295 g/mol. The number of methoxy groups -OCH3 is 1. The zero-order chi connectivity index (χ0) is 15.3. The van der Waals surface area contributed by atoms with Gasteiger partial charge in [0.25, 0.3) is 0 Å². The maximum atomic E-state index is 12.5. The number of aromatic nitrogens is 2. The van der Waals surface area contributed by atoms with Crippen molar-refractivity contribution in [3.05, 3.63) is 53.0 Å². The SMILES string of the molecule is COC(=O)c1cc2c(cn1)C[C@@]1(C2)C(=O)Nc2ncccc21. The first-order valence-corrected chi connectivity index (χ1v) is 6.97. The summed E-state index contributed by atoms with van der Waals surface area (Å²) in [5.74, 6) is 0.111. The van der Waals surface area contributed by atoms with Gasteiger partial charge in [-0.05, 0) is 36.1 Å². The van der Waals surface area contributed by atoms with Gasteiger partial charge in [-0.25, -0.2) is 14.8 Å². The van der Waals surface area contributed by atoms with Crippen LogP contribution in [0.15, 0.2) is 30.6 Å². The molecule has 4 rings (SSSR count). The van der Waals surface area contributed by atoms with Crippen LogP contribution in [0.3, 0.4) is 0 Å². The second kappa shape index (κ2) is 4.37. The molecule has 2 aliphatic rings. The molecule has 6 heteroatoms. The van der Waals surface area contributed by atoms with Gasteiger partial charge in [0.1, 0.15) is 11.5 Å². The van der Waals surface area contributed by atoms with Gasteiger partial charge in [0.05, 0.1) is 12.5 Å². The number of anilines is 1. The van der Waals surface area contributed by atoms with Crippen LogP contribution < -0.4 is 5.32 Å². The van der Waals surface area contributed by atoms with Crippen molar-refractivity contribution in [1.29, 1.82) is 0 Å². The molecule has 6 nitrogen and oxygen atoms in total. The van der Waals surface area contributed by atoms with Gasteiger partial charge >= 0.3 is 5.97 Å². The van der Waals surface area contributed by atoms with Crippen molar-refractivity contribution in [1.82, 2.24) is 9.97 Å². The molecule has 0 unspecified atom stereocenters. The molecule has 1 amide bonds. The number of fused-ring (bicyclic) bond motifs is 3. The van der Waals surface area contributed by atoms with E-state index in [9.17, 15) is 9.59 Å². The highest BCUT2D eigenvalue weighted by molar-refractivity contribution is 6.06. The highest BCUT2D eigenvalue weighted by Gasteiger charge is 2.51. The summed E-state index contributed by atoms with van der Waals surface area (Å²) < 4.78 is 4.70. The van der Waals surface area contributed by atoms with Gasteiger partial charge in [0, 0.05) is 18.0 Å². The van der Waals surface area contributed by atoms with E-state index >= 15 is 0 Å². The number of hydrogen-bond acceptors (Lipinski definition) is 5. The Balaban J connectivity index is 1.79. The molecule has 0 fully saturated rings. The van der Waals surface area contributed by atoms with Crippen LogP contribution in [0.5, 0.6) is 0 Å². The standard InChI is InChI=1S/C16H13N3O3/c1-22-14(20)12-5-9-6-16(7-10(9)8-18-12)11-3-2-4-17-13(11)19-15(16)21/h2-5,8H,6-7H2,1H3,(H,17,19,21)/t16-/m1/s1. The fraction of sp³-hybridized carbons (Fsp3) is 0.250. The highest BCUT2D eigenvalue weighted by Crippen LogP contribution is 2.46. The van der Waals surface area contributed by atoms with Gasteiger partial charge in [-0.3, -0.25) is 4.79 Å². The average Bonchev–Trinajstić information content (AvgIpc) is 3.05. The van der Waals surface area contributed by atoms with Crippen LogP contribution in [0, 0.1) is 0 Å². The minimum atomic E-state index is -0.637. The number of carbonyl (C=O) groups is 2. The Bertz CT molecular complexity index is 818. The Labute approximate surface area is 126 Å². The summed E-state index contributed by atoms with van der Waals surface area (Å²) in [4.78, 5) is 32.5. The molecule has 0 aromatic carbocycles. The predicted octanol–water partition coefficient (Wildman–Crippen LogP) is 1.25. The van der Waals surface area contributed by atoms with Gasteiger partial charge in [-0.15, -0.1) is 0 Å². The maximum absolute atomic E-state index is 12.5. The number of ether oxygens (including phenoxy) is 1. The summed E-state index contributed by atoms with van der Waals surface area (Å²) in [6, 6.07) is 5.49. The number of nitrogens with zero attached hydrogens (tertiary/aromatic N) is 2. The minimum absolute atomic E-state index is 0.0444. The molecular weight excluding hydrogens is 282 g/mol. The normalized spacial score (nSPS) is 21.4. The van der Waals surface area contributed by atoms with Crippen LogP contribution in [0.4, 0.5) is 5.82 Å². The molecule has 1 atom stereocenters. The lowest BCUT2D eigenvalue weighted by molar-refractivity contribution is -0.120. The zero-order valence-corrected chi connectivity index (χ0v) is 11.9. The van der Waals surface area contributed by atoms with Crippen molar-refractivity contribution < 1.29 is 14.3 Å². The van der Waals surface area contributed by atoms with Crippen LogP contribution in [-0.2, 0) is 27.8 Å². The Kier molecular flexibility index (Phi) is 2.57. The van der Waals surface area contributed by atoms with E-state index < -0.39 is 11.4 Å². The van der Waals surface area contributed by atoms with Gasteiger partial charge in [-0.2, -0.15) is 0 Å². The van der Waals surface area contributed by atoms with Gasteiger partial charge < -0.3 is 10.1 Å². The van der Waals surface area contributed by atoms with E-state index in [1.165, 1.54) is 7.11 Å². The first-order valence-electron chi connectivity index (χ1n) is 6.97. The van der Waals surface area contributed by atoms with Gasteiger partial charge in [-0.1, -0.05) is 6.07 Å². The zero-order valence-electron chi connectivity index (χ0n) is 11.9. The van der Waals surface area contributed by atoms with E-state index in [4.69, 9.17) is 4.74 Å². The molecule has 110 valence electrons. The summed E-state index contributed by atoms with van der Waals surface area (Å²) in [5.41, 5.74) is 2.49. The molecule has 0 saturated heterocycles. The lowest BCUT2D eigenvalue weighted by Crippen LogP contribution is -2.35. The van der Waals surface area contributed by atoms with Crippen molar-refractivity contribution in [2.24, 2.45) is 0 Å². The molecule has 1 N–H and O–H groups in total. The third-order valence-corrected chi connectivity index (χ3v) is 4.45. The lowest BCUT2D eigenvalue weighted by Gasteiger charge is -2.20. The molecule has 0 radical (unpaired) electrons. The van der Waals surface area contributed by atoms with Crippen molar-refractivity contribution in [2.45, 2.75) is 18.3 Å². The highest BCUT2D eigenvalue weighted by atomic mass is 16.5. The van der Waals surface area contributed by atoms with E-state index in [0.29, 0.717) is 18.7 Å². The first-order chi connectivity index (χ1) is 10.6. The molecular formula is C16H13N3O3. The Morgan fingerprint density at radius 3 is 2.95 bits per heavy atom. The molecule has 1 aliphatic heterocycles.